The first-order valence-corrected chi connectivity index (χ1v) is 4.17. The largest absolute Gasteiger partial charge is 0.465 e. The van der Waals surface area contributed by atoms with Crippen LogP contribution in [0, 0.1) is 0 Å². The fraction of sp³-hybridized carbons (Fsp3) is 0.667. The fourth-order valence-corrected chi connectivity index (χ4v) is 1.34. The van der Waals surface area contributed by atoms with Crippen molar-refractivity contribution in [3.8, 4) is 0 Å². The third-order valence-corrected chi connectivity index (χ3v) is 1.97. The summed E-state index contributed by atoms with van der Waals surface area (Å²) >= 11 is 0. The summed E-state index contributed by atoms with van der Waals surface area (Å²) in [6, 6.07) is 0. The highest BCUT2D eigenvalue weighted by atomic mass is 16.5. The van der Waals surface area contributed by atoms with Crippen LogP contribution in [0.2, 0.25) is 0 Å². The molecular formula is C9H14O2. The van der Waals surface area contributed by atoms with E-state index in [2.05, 4.69) is 12.2 Å². The highest BCUT2D eigenvalue weighted by Crippen LogP contribution is 2.14. The van der Waals surface area contributed by atoms with Crippen LogP contribution in [0.15, 0.2) is 12.2 Å². The lowest BCUT2D eigenvalue weighted by atomic mass is 10.0. The molecule has 0 radical (unpaired) electrons. The van der Waals surface area contributed by atoms with Crippen LogP contribution >= 0.6 is 0 Å². The van der Waals surface area contributed by atoms with Crippen LogP contribution in [0.3, 0.4) is 0 Å². The molecule has 2 nitrogen and oxygen atoms in total. The minimum atomic E-state index is 0.164. The maximum Gasteiger partial charge on any atom is 0.293 e. The van der Waals surface area contributed by atoms with Gasteiger partial charge >= 0.3 is 0 Å². The molecule has 1 rings (SSSR count). The molecule has 0 aromatic rings. The Kier molecular flexibility index (Phi) is 3.73. The maximum absolute atomic E-state index is 10.0. The molecule has 0 aromatic carbocycles. The van der Waals surface area contributed by atoms with E-state index in [-0.39, 0.29) is 6.10 Å². The quantitative estimate of drug-likeness (QED) is 0.449. The zero-order valence-electron chi connectivity index (χ0n) is 6.66. The zero-order valence-corrected chi connectivity index (χ0v) is 6.66. The number of hydrogen-bond donors (Lipinski definition) is 0. The van der Waals surface area contributed by atoms with Gasteiger partial charge in [0.05, 0.1) is 0 Å². The van der Waals surface area contributed by atoms with Crippen LogP contribution in [-0.2, 0) is 9.53 Å². The zero-order chi connectivity index (χ0) is 7.94. The van der Waals surface area contributed by atoms with Crippen molar-refractivity contribution in [3.63, 3.8) is 0 Å². The summed E-state index contributed by atoms with van der Waals surface area (Å²) in [5.74, 6) is 0. The molecule has 1 aliphatic rings. The van der Waals surface area contributed by atoms with Gasteiger partial charge in [-0.25, -0.2) is 0 Å². The third-order valence-electron chi connectivity index (χ3n) is 1.97. The molecule has 0 saturated heterocycles. The molecule has 0 saturated carbocycles. The van der Waals surface area contributed by atoms with Crippen LogP contribution in [0.4, 0.5) is 0 Å². The first kappa shape index (κ1) is 8.31. The molecule has 0 aromatic heterocycles. The summed E-state index contributed by atoms with van der Waals surface area (Å²) in [5, 5.41) is 0. The molecule has 11 heavy (non-hydrogen) atoms. The summed E-state index contributed by atoms with van der Waals surface area (Å²) in [5.41, 5.74) is 0. The molecule has 0 heterocycles. The molecule has 2 heteroatoms. The number of ether oxygens (including phenoxy) is 1. The average molecular weight is 154 g/mol. The number of hydrogen-bond acceptors (Lipinski definition) is 2. The number of rotatable bonds is 2. The Bertz CT molecular complexity index is 140. The van der Waals surface area contributed by atoms with E-state index in [1.807, 2.05) is 0 Å². The van der Waals surface area contributed by atoms with Gasteiger partial charge in [-0.1, -0.05) is 12.2 Å². The van der Waals surface area contributed by atoms with Crippen molar-refractivity contribution in [2.75, 3.05) is 0 Å². The first-order valence-electron chi connectivity index (χ1n) is 4.17. The summed E-state index contributed by atoms with van der Waals surface area (Å²) < 4.78 is 4.90. The highest BCUT2D eigenvalue weighted by molar-refractivity contribution is 5.37. The molecule has 62 valence electrons. The smallest absolute Gasteiger partial charge is 0.293 e. The molecule has 0 aliphatic heterocycles. The van der Waals surface area contributed by atoms with E-state index in [4.69, 9.17) is 4.74 Å². The van der Waals surface area contributed by atoms with Crippen molar-refractivity contribution in [2.45, 2.75) is 38.2 Å². The molecule has 0 amide bonds. The molecule has 1 unspecified atom stereocenters. The van der Waals surface area contributed by atoms with Gasteiger partial charge < -0.3 is 4.74 Å². The summed E-state index contributed by atoms with van der Waals surface area (Å²) in [6.07, 6.45) is 9.83. The lowest BCUT2D eigenvalue weighted by Gasteiger charge is -2.14. The second-order valence-electron chi connectivity index (χ2n) is 2.83. The molecule has 0 fully saturated rings. The molecular weight excluding hydrogens is 140 g/mol. The Balaban J connectivity index is 2.29. The van der Waals surface area contributed by atoms with Gasteiger partial charge in [-0.2, -0.15) is 0 Å². The molecule has 0 spiro atoms. The maximum atomic E-state index is 10.0. The fourth-order valence-electron chi connectivity index (χ4n) is 1.34. The van der Waals surface area contributed by atoms with Gasteiger partial charge in [0.1, 0.15) is 6.10 Å². The van der Waals surface area contributed by atoms with E-state index in [9.17, 15) is 4.79 Å². The lowest BCUT2D eigenvalue weighted by Crippen LogP contribution is -2.12. The van der Waals surface area contributed by atoms with Gasteiger partial charge in [-0.3, -0.25) is 4.79 Å². The predicted molar refractivity (Wildman–Crippen MR) is 43.2 cm³/mol. The lowest BCUT2D eigenvalue weighted by molar-refractivity contribution is -0.134. The summed E-state index contributed by atoms with van der Waals surface area (Å²) in [7, 11) is 0. The van der Waals surface area contributed by atoms with Gasteiger partial charge in [-0.05, 0) is 32.1 Å². The Morgan fingerprint density at radius 2 is 2.09 bits per heavy atom. The minimum Gasteiger partial charge on any atom is -0.465 e. The number of carbonyl (C=O) groups excluding carboxylic acids is 1. The van der Waals surface area contributed by atoms with Gasteiger partial charge in [0.15, 0.2) is 0 Å². The van der Waals surface area contributed by atoms with E-state index < -0.39 is 0 Å². The Morgan fingerprint density at radius 1 is 1.27 bits per heavy atom. The van der Waals surface area contributed by atoms with Crippen LogP contribution < -0.4 is 0 Å². The predicted octanol–water partition coefficient (Wildman–Crippen LogP) is 2.05. The van der Waals surface area contributed by atoms with Gasteiger partial charge in [0.25, 0.3) is 6.47 Å². The van der Waals surface area contributed by atoms with Gasteiger partial charge in [0.2, 0.25) is 0 Å². The molecule has 0 bridgehead atoms. The molecule has 1 atom stereocenters. The van der Waals surface area contributed by atoms with Crippen molar-refractivity contribution < 1.29 is 9.53 Å². The van der Waals surface area contributed by atoms with E-state index in [1.165, 1.54) is 0 Å². The topological polar surface area (TPSA) is 26.3 Å². The van der Waals surface area contributed by atoms with Crippen LogP contribution in [0.25, 0.3) is 0 Å². The average Bonchev–Trinajstić information content (AvgIpc) is 1.94. The van der Waals surface area contributed by atoms with E-state index in [1.54, 1.807) is 0 Å². The van der Waals surface area contributed by atoms with Crippen molar-refractivity contribution >= 4 is 6.47 Å². The Morgan fingerprint density at radius 3 is 2.91 bits per heavy atom. The van der Waals surface area contributed by atoms with Crippen LogP contribution in [0.1, 0.15) is 32.1 Å². The van der Waals surface area contributed by atoms with Crippen molar-refractivity contribution in [3.05, 3.63) is 12.2 Å². The number of carbonyl (C=O) groups is 1. The number of allylic oxidation sites excluding steroid dienone is 2. The summed E-state index contributed by atoms with van der Waals surface area (Å²) in [6.45, 7) is 0.565. The van der Waals surface area contributed by atoms with Crippen LogP contribution in [-0.4, -0.2) is 12.6 Å². The normalized spacial score (nSPS) is 25.3. The van der Waals surface area contributed by atoms with Gasteiger partial charge in [-0.15, -0.1) is 0 Å². The Hall–Kier alpha value is -0.790. The van der Waals surface area contributed by atoms with Crippen molar-refractivity contribution in [1.29, 1.82) is 0 Å². The minimum absolute atomic E-state index is 0.164. The van der Waals surface area contributed by atoms with Crippen molar-refractivity contribution in [1.82, 2.24) is 0 Å². The SMILES string of the molecule is O=COC1CCC=CCCC1. The monoisotopic (exact) mass is 154 g/mol. The molecule has 0 N–H and O–H groups in total. The van der Waals surface area contributed by atoms with Crippen molar-refractivity contribution in [2.24, 2.45) is 0 Å². The van der Waals surface area contributed by atoms with E-state index in [0.717, 1.165) is 32.1 Å². The van der Waals surface area contributed by atoms with E-state index in [0.29, 0.717) is 6.47 Å². The third kappa shape index (κ3) is 3.21. The molecule has 1 aliphatic carbocycles. The van der Waals surface area contributed by atoms with Gasteiger partial charge in [0, 0.05) is 0 Å². The second kappa shape index (κ2) is 4.94. The highest BCUT2D eigenvalue weighted by Gasteiger charge is 2.08. The second-order valence-corrected chi connectivity index (χ2v) is 2.83. The summed E-state index contributed by atoms with van der Waals surface area (Å²) in [4.78, 5) is 10.0. The first-order chi connectivity index (χ1) is 5.43. The Labute approximate surface area is 67.2 Å². The van der Waals surface area contributed by atoms with E-state index >= 15 is 0 Å². The standard InChI is InChI=1S/C9H14O2/c10-8-11-9-6-4-2-1-3-5-7-9/h1-2,8-9H,3-7H2. The van der Waals surface area contributed by atoms with Crippen LogP contribution in [0.5, 0.6) is 0 Å².